The number of halogens is 5. The normalized spacial score (nSPS) is 26.1. The Morgan fingerprint density at radius 1 is 1.11 bits per heavy atom. The number of nitrogens with one attached hydrogen (secondary N) is 1. The number of benzene rings is 1. The summed E-state index contributed by atoms with van der Waals surface area (Å²) >= 11 is 0. The van der Waals surface area contributed by atoms with Gasteiger partial charge in [0, 0.05) is 36.3 Å². The Morgan fingerprint density at radius 2 is 1.75 bits per heavy atom. The third-order valence-corrected chi connectivity index (χ3v) is 7.99. The first kappa shape index (κ1) is 23.5. The van der Waals surface area contributed by atoms with Crippen molar-refractivity contribution in [3.63, 3.8) is 0 Å². The molecule has 1 saturated heterocycles. The van der Waals surface area contributed by atoms with E-state index in [1.54, 1.807) is 4.90 Å². The number of anilines is 2. The molecule has 0 bridgehead atoms. The molecule has 1 unspecified atom stereocenters. The summed E-state index contributed by atoms with van der Waals surface area (Å²) in [6.07, 6.45) is 0.614. The van der Waals surface area contributed by atoms with Crippen molar-refractivity contribution in [3.8, 4) is 5.75 Å². The van der Waals surface area contributed by atoms with Gasteiger partial charge in [-0.1, -0.05) is 12.8 Å². The van der Waals surface area contributed by atoms with Crippen molar-refractivity contribution in [2.24, 2.45) is 17.3 Å². The first-order valence-electron chi connectivity index (χ1n) is 12.4. The summed E-state index contributed by atoms with van der Waals surface area (Å²) in [5.41, 5.74) is -0.673. The minimum Gasteiger partial charge on any atom is -0.484 e. The molecule has 0 radical (unpaired) electrons. The number of hydrogen-bond donors (Lipinski definition) is 1. The molecule has 3 saturated carbocycles. The molecule has 1 aliphatic heterocycles. The number of nitrogens with zero attached hydrogens (tertiary/aromatic N) is 2. The van der Waals surface area contributed by atoms with Gasteiger partial charge in [-0.3, -0.25) is 4.79 Å². The fourth-order valence-electron chi connectivity index (χ4n) is 6.15. The number of aromatic nitrogens is 1. The second-order valence-corrected chi connectivity index (χ2v) is 10.8. The van der Waals surface area contributed by atoms with Crippen molar-refractivity contribution in [2.45, 2.75) is 63.6 Å². The summed E-state index contributed by atoms with van der Waals surface area (Å²) < 4.78 is 79.6. The first-order chi connectivity index (χ1) is 17.1. The Labute approximate surface area is 204 Å². The van der Waals surface area contributed by atoms with Crippen molar-refractivity contribution in [3.05, 3.63) is 35.2 Å². The molecule has 1 spiro atoms. The number of hydrogen-bond acceptors (Lipinski definition) is 5. The third kappa shape index (κ3) is 4.52. The van der Waals surface area contributed by atoms with Crippen LogP contribution in [0.3, 0.4) is 0 Å². The highest BCUT2D eigenvalue weighted by molar-refractivity contribution is 6.03. The summed E-state index contributed by atoms with van der Waals surface area (Å²) in [6, 6.07) is 1.72. The molecule has 3 atom stereocenters. The number of carbonyl (C=O) groups is 1. The van der Waals surface area contributed by atoms with E-state index < -0.39 is 47.3 Å². The summed E-state index contributed by atoms with van der Waals surface area (Å²) in [7, 11) is 0. The first-order valence-corrected chi connectivity index (χ1v) is 12.4. The van der Waals surface area contributed by atoms with Crippen LogP contribution in [0.1, 0.15) is 61.2 Å². The lowest BCUT2D eigenvalue weighted by Crippen LogP contribution is -2.55. The Morgan fingerprint density at radius 3 is 2.36 bits per heavy atom. The van der Waals surface area contributed by atoms with Crippen molar-refractivity contribution in [1.82, 2.24) is 4.98 Å². The van der Waals surface area contributed by atoms with Crippen LogP contribution < -0.4 is 15.0 Å². The zero-order valence-corrected chi connectivity index (χ0v) is 19.5. The number of oxazole rings is 1. The Bertz CT molecular complexity index is 1150. The summed E-state index contributed by atoms with van der Waals surface area (Å²) in [6.45, 7) is 1.22. The lowest BCUT2D eigenvalue weighted by molar-refractivity contribution is -0.130. The van der Waals surface area contributed by atoms with Crippen LogP contribution in [0.2, 0.25) is 0 Å². The van der Waals surface area contributed by atoms with Crippen LogP contribution >= 0.6 is 0 Å². The quantitative estimate of drug-likeness (QED) is 0.492. The predicted molar refractivity (Wildman–Crippen MR) is 119 cm³/mol. The number of amides is 1. The summed E-state index contributed by atoms with van der Waals surface area (Å²) in [5.74, 6) is -3.05. The standard InChI is InChI=1S/C25H26F5N3O3/c26-17-8-15(9-18(27)21(17)35-16-6-13-5-14(13)7-16)31-22(34)20-19(10-25(28,29)30)36-23(32-20)33-11-24(12-33)3-1-2-4-24/h8-9,13-14,16H,1-7,10-12H2,(H,31,34)/t13-,14?,16+/m1/s1. The second kappa shape index (κ2) is 8.34. The molecule has 6 nitrogen and oxygen atoms in total. The zero-order valence-electron chi connectivity index (χ0n) is 19.5. The van der Waals surface area contributed by atoms with Crippen molar-refractivity contribution < 1.29 is 35.9 Å². The highest BCUT2D eigenvalue weighted by Gasteiger charge is 2.48. The number of alkyl halides is 3. The topological polar surface area (TPSA) is 67.6 Å². The maximum atomic E-state index is 14.6. The lowest BCUT2D eigenvalue weighted by Gasteiger charge is -2.47. The molecule has 194 valence electrons. The van der Waals surface area contributed by atoms with E-state index >= 15 is 0 Å². The van der Waals surface area contributed by atoms with E-state index in [0.717, 1.165) is 57.1 Å². The Hall–Kier alpha value is -2.85. The highest BCUT2D eigenvalue weighted by Crippen LogP contribution is 2.53. The largest absolute Gasteiger partial charge is 0.484 e. The average Bonchev–Trinajstić information content (AvgIpc) is 3.15. The van der Waals surface area contributed by atoms with Crippen molar-refractivity contribution >= 4 is 17.6 Å². The molecule has 36 heavy (non-hydrogen) atoms. The van der Waals surface area contributed by atoms with Gasteiger partial charge in [-0.15, -0.1) is 0 Å². The molecule has 2 heterocycles. The van der Waals surface area contributed by atoms with E-state index in [2.05, 4.69) is 10.3 Å². The monoisotopic (exact) mass is 511 g/mol. The predicted octanol–water partition coefficient (Wildman–Crippen LogP) is 5.87. The van der Waals surface area contributed by atoms with Crippen LogP contribution in [0.5, 0.6) is 5.75 Å². The molecule has 4 fully saturated rings. The maximum Gasteiger partial charge on any atom is 0.396 e. The molecule has 1 aromatic heterocycles. The van der Waals surface area contributed by atoms with E-state index in [-0.39, 0.29) is 23.2 Å². The van der Waals surface area contributed by atoms with Gasteiger partial charge in [-0.05, 0) is 43.9 Å². The van der Waals surface area contributed by atoms with Crippen LogP contribution in [0, 0.1) is 28.9 Å². The van der Waals surface area contributed by atoms with Crippen LogP contribution in [-0.4, -0.2) is 36.3 Å². The minimum atomic E-state index is -4.63. The van der Waals surface area contributed by atoms with Crippen molar-refractivity contribution in [2.75, 3.05) is 23.3 Å². The van der Waals surface area contributed by atoms with Crippen LogP contribution in [0.25, 0.3) is 0 Å². The number of ether oxygens (including phenoxy) is 1. The number of fused-ring (bicyclic) bond motifs is 1. The molecule has 1 N–H and O–H groups in total. The van der Waals surface area contributed by atoms with Gasteiger partial charge in [-0.25, -0.2) is 8.78 Å². The summed E-state index contributed by atoms with van der Waals surface area (Å²) in [4.78, 5) is 18.6. The molecule has 4 aliphatic rings. The van der Waals surface area contributed by atoms with Gasteiger partial charge in [0.1, 0.15) is 12.2 Å². The zero-order chi connectivity index (χ0) is 25.2. The van der Waals surface area contributed by atoms with Crippen LogP contribution in [-0.2, 0) is 6.42 Å². The van der Waals surface area contributed by atoms with Gasteiger partial charge >= 0.3 is 6.18 Å². The van der Waals surface area contributed by atoms with E-state index in [9.17, 15) is 26.7 Å². The number of carbonyl (C=O) groups excluding carboxylic acids is 1. The SMILES string of the molecule is O=C(Nc1cc(F)c(O[C@@H]2CC3C[C@@H]3C2)c(F)c1)c1nc(N2CC3(CCCC3)C2)oc1CC(F)(F)F. The second-order valence-electron chi connectivity index (χ2n) is 10.8. The van der Waals surface area contributed by atoms with E-state index in [0.29, 0.717) is 24.9 Å². The molecule has 1 amide bonds. The molecular weight excluding hydrogens is 485 g/mol. The van der Waals surface area contributed by atoms with Gasteiger partial charge in [0.15, 0.2) is 23.1 Å². The number of rotatable bonds is 6. The highest BCUT2D eigenvalue weighted by atomic mass is 19.4. The van der Waals surface area contributed by atoms with Gasteiger partial charge in [-0.2, -0.15) is 18.2 Å². The van der Waals surface area contributed by atoms with Crippen LogP contribution in [0.15, 0.2) is 16.5 Å². The average molecular weight is 511 g/mol. The molecule has 11 heteroatoms. The summed E-state index contributed by atoms with van der Waals surface area (Å²) in [5, 5.41) is 2.26. The van der Waals surface area contributed by atoms with Gasteiger partial charge in [0.2, 0.25) is 0 Å². The molecule has 2 aromatic rings. The maximum absolute atomic E-state index is 14.6. The van der Waals surface area contributed by atoms with Crippen molar-refractivity contribution in [1.29, 1.82) is 0 Å². The molecule has 1 aromatic carbocycles. The Balaban J connectivity index is 1.18. The lowest BCUT2D eigenvalue weighted by atomic mass is 9.79. The van der Waals surface area contributed by atoms with Gasteiger partial charge < -0.3 is 19.4 Å². The smallest absolute Gasteiger partial charge is 0.396 e. The van der Waals surface area contributed by atoms with E-state index in [4.69, 9.17) is 9.15 Å². The molecule has 6 rings (SSSR count). The van der Waals surface area contributed by atoms with E-state index in [1.165, 1.54) is 0 Å². The fraction of sp³-hybridized carbons (Fsp3) is 0.600. The molecule has 3 aliphatic carbocycles. The third-order valence-electron chi connectivity index (χ3n) is 7.99. The fourth-order valence-corrected chi connectivity index (χ4v) is 6.15. The Kier molecular flexibility index (Phi) is 5.46. The van der Waals surface area contributed by atoms with E-state index in [1.807, 2.05) is 0 Å². The molecular formula is C25H26F5N3O3. The van der Waals surface area contributed by atoms with Gasteiger partial charge in [0.05, 0.1) is 6.10 Å². The minimum absolute atomic E-state index is 0.0485. The van der Waals surface area contributed by atoms with Crippen LogP contribution in [0.4, 0.5) is 33.7 Å². The van der Waals surface area contributed by atoms with Gasteiger partial charge in [0.25, 0.3) is 11.9 Å².